The van der Waals surface area contributed by atoms with Crippen LogP contribution in [0, 0.1) is 0 Å². The Balaban J connectivity index is 1.57. The summed E-state index contributed by atoms with van der Waals surface area (Å²) in [5, 5.41) is 0. The number of benzene rings is 3. The number of H-pyrrole nitrogens is 1. The Morgan fingerprint density at radius 1 is 1.06 bits per heavy atom. The van der Waals surface area contributed by atoms with Gasteiger partial charge in [0.1, 0.15) is 0 Å². The monoisotopic (exact) mass is 437 g/mol. The number of esters is 1. The zero-order valence-electron chi connectivity index (χ0n) is 17.0. The summed E-state index contributed by atoms with van der Waals surface area (Å²) >= 11 is 0. The second-order valence-electron chi connectivity index (χ2n) is 7.63. The number of aromatic nitrogens is 2. The van der Waals surface area contributed by atoms with Crippen molar-refractivity contribution in [1.29, 1.82) is 0 Å². The highest BCUT2D eigenvalue weighted by Crippen LogP contribution is 2.40. The molecule has 0 atom stereocenters. The van der Waals surface area contributed by atoms with Crippen LogP contribution in [0.5, 0.6) is 0 Å². The number of hydrogen-bond acceptors (Lipinski definition) is 4. The molecular formula is C24H18F3N3O2. The highest BCUT2D eigenvalue weighted by molar-refractivity contribution is 5.92. The molecule has 0 saturated carbocycles. The Bertz CT molecular complexity index is 1330. The maximum Gasteiger partial charge on any atom is 0.417 e. The molecule has 8 heteroatoms. The van der Waals surface area contributed by atoms with Crippen LogP contribution in [0.3, 0.4) is 0 Å². The molecule has 162 valence electrons. The summed E-state index contributed by atoms with van der Waals surface area (Å²) in [5.41, 5.74) is 2.85. The van der Waals surface area contributed by atoms with Crippen molar-refractivity contribution in [2.24, 2.45) is 0 Å². The van der Waals surface area contributed by atoms with E-state index in [1.807, 2.05) is 11.0 Å². The van der Waals surface area contributed by atoms with Gasteiger partial charge in [-0.1, -0.05) is 42.5 Å². The van der Waals surface area contributed by atoms with Gasteiger partial charge in [0, 0.05) is 13.1 Å². The zero-order chi connectivity index (χ0) is 22.5. The largest absolute Gasteiger partial charge is 0.465 e. The van der Waals surface area contributed by atoms with Gasteiger partial charge >= 0.3 is 12.1 Å². The lowest BCUT2D eigenvalue weighted by atomic mass is 9.98. The van der Waals surface area contributed by atoms with E-state index in [4.69, 9.17) is 4.74 Å². The minimum absolute atomic E-state index is 0.0846. The highest BCUT2D eigenvalue weighted by atomic mass is 19.4. The van der Waals surface area contributed by atoms with Crippen LogP contribution in [0.2, 0.25) is 0 Å². The fourth-order valence-corrected chi connectivity index (χ4v) is 4.16. The number of imidazole rings is 1. The standard InChI is InChI=1S/C24H18F3N3O2/c1-32-22(31)16-9-5-8-15-12-30(13-18(15)16)23-28-20-10-17(14-6-3-2-4-7-14)19(24(25,26)27)11-21(20)29-23/h2-11H,12-13H2,1H3,(H,28,29). The summed E-state index contributed by atoms with van der Waals surface area (Å²) in [6, 6.07) is 16.4. The van der Waals surface area contributed by atoms with Crippen LogP contribution in [0.15, 0.2) is 60.7 Å². The van der Waals surface area contributed by atoms with Crippen molar-refractivity contribution in [2.75, 3.05) is 12.0 Å². The van der Waals surface area contributed by atoms with Crippen LogP contribution >= 0.6 is 0 Å². The molecule has 0 fully saturated rings. The van der Waals surface area contributed by atoms with Crippen LogP contribution in [-0.2, 0) is 24.0 Å². The lowest BCUT2D eigenvalue weighted by molar-refractivity contribution is -0.137. The van der Waals surface area contributed by atoms with Gasteiger partial charge in [-0.25, -0.2) is 9.78 Å². The Morgan fingerprint density at radius 2 is 1.84 bits per heavy atom. The topological polar surface area (TPSA) is 58.2 Å². The van der Waals surface area contributed by atoms with Crippen molar-refractivity contribution in [3.05, 3.63) is 82.9 Å². The number of nitrogens with one attached hydrogen (secondary N) is 1. The third-order valence-corrected chi connectivity index (χ3v) is 5.69. The van der Waals surface area contributed by atoms with Gasteiger partial charge < -0.3 is 14.6 Å². The minimum Gasteiger partial charge on any atom is -0.465 e. The summed E-state index contributed by atoms with van der Waals surface area (Å²) in [7, 11) is 1.33. The number of nitrogens with zero attached hydrogens (tertiary/aromatic N) is 2. The molecule has 1 aliphatic rings. The number of carbonyl (C=O) groups excluding carboxylic acids is 1. The van der Waals surface area contributed by atoms with Crippen molar-refractivity contribution in [1.82, 2.24) is 9.97 Å². The molecular weight excluding hydrogens is 419 g/mol. The first-order valence-corrected chi connectivity index (χ1v) is 9.95. The molecule has 5 rings (SSSR count). The second-order valence-corrected chi connectivity index (χ2v) is 7.63. The molecule has 1 aliphatic heterocycles. The summed E-state index contributed by atoms with van der Waals surface area (Å²) in [5.74, 6) is 0.0287. The number of ether oxygens (including phenoxy) is 1. The number of halogens is 3. The van der Waals surface area contributed by atoms with Crippen LogP contribution in [0.1, 0.15) is 27.0 Å². The van der Waals surface area contributed by atoms with Crippen LogP contribution in [0.25, 0.3) is 22.2 Å². The molecule has 0 spiro atoms. The molecule has 0 amide bonds. The summed E-state index contributed by atoms with van der Waals surface area (Å²) in [6.07, 6.45) is -4.51. The van der Waals surface area contributed by atoms with Gasteiger partial charge in [0.15, 0.2) is 0 Å². The van der Waals surface area contributed by atoms with Gasteiger partial charge in [-0.2, -0.15) is 13.2 Å². The van der Waals surface area contributed by atoms with E-state index >= 15 is 0 Å². The first-order valence-electron chi connectivity index (χ1n) is 9.95. The molecule has 1 aromatic heterocycles. The van der Waals surface area contributed by atoms with Crippen molar-refractivity contribution in [3.63, 3.8) is 0 Å². The maximum absolute atomic E-state index is 13.8. The summed E-state index contributed by atoms with van der Waals surface area (Å²) in [6.45, 7) is 0.885. The fraction of sp³-hybridized carbons (Fsp3) is 0.167. The SMILES string of the molecule is COC(=O)c1cccc2c1CN(c1nc3cc(-c4ccccc4)c(C(F)(F)F)cc3[nH]1)C2. The van der Waals surface area contributed by atoms with Crippen LogP contribution in [0.4, 0.5) is 19.1 Å². The highest BCUT2D eigenvalue weighted by Gasteiger charge is 2.35. The van der Waals surface area contributed by atoms with E-state index in [2.05, 4.69) is 9.97 Å². The van der Waals surface area contributed by atoms with E-state index < -0.39 is 17.7 Å². The van der Waals surface area contributed by atoms with E-state index in [0.29, 0.717) is 41.2 Å². The second kappa shape index (κ2) is 7.40. The molecule has 0 radical (unpaired) electrons. The van der Waals surface area contributed by atoms with Crippen molar-refractivity contribution in [3.8, 4) is 11.1 Å². The summed E-state index contributed by atoms with van der Waals surface area (Å²) in [4.78, 5) is 21.6. The molecule has 0 unspecified atom stereocenters. The average molecular weight is 437 g/mol. The van der Waals surface area contributed by atoms with Gasteiger partial charge in [-0.3, -0.25) is 0 Å². The molecule has 3 aromatic carbocycles. The van der Waals surface area contributed by atoms with Crippen LogP contribution < -0.4 is 4.90 Å². The number of carbonyl (C=O) groups is 1. The predicted molar refractivity (Wildman–Crippen MR) is 114 cm³/mol. The molecule has 32 heavy (non-hydrogen) atoms. The van der Waals surface area contributed by atoms with E-state index in [1.54, 1.807) is 42.5 Å². The van der Waals surface area contributed by atoms with Crippen molar-refractivity contribution >= 4 is 23.0 Å². The molecule has 5 nitrogen and oxygen atoms in total. The minimum atomic E-state index is -4.51. The Hall–Kier alpha value is -3.81. The van der Waals surface area contributed by atoms with Crippen molar-refractivity contribution < 1.29 is 22.7 Å². The smallest absolute Gasteiger partial charge is 0.417 e. The maximum atomic E-state index is 13.8. The van der Waals surface area contributed by atoms with Crippen LogP contribution in [-0.4, -0.2) is 23.0 Å². The van der Waals surface area contributed by atoms with E-state index in [9.17, 15) is 18.0 Å². The normalized spacial score (nSPS) is 13.4. The number of alkyl halides is 3. The van der Waals surface area contributed by atoms with E-state index in [0.717, 1.165) is 17.2 Å². The molecule has 0 aliphatic carbocycles. The third kappa shape index (κ3) is 3.37. The van der Waals surface area contributed by atoms with Gasteiger partial charge in [0.05, 0.1) is 29.3 Å². The molecule has 0 bridgehead atoms. The number of hydrogen-bond donors (Lipinski definition) is 1. The zero-order valence-corrected chi connectivity index (χ0v) is 17.0. The number of aromatic amines is 1. The first kappa shape index (κ1) is 20.1. The number of fused-ring (bicyclic) bond motifs is 2. The molecule has 1 N–H and O–H groups in total. The molecule has 2 heterocycles. The third-order valence-electron chi connectivity index (χ3n) is 5.69. The Morgan fingerprint density at radius 3 is 2.56 bits per heavy atom. The first-order chi connectivity index (χ1) is 15.3. The van der Waals surface area contributed by atoms with Gasteiger partial charge in [0.2, 0.25) is 5.95 Å². The van der Waals surface area contributed by atoms with E-state index in [1.165, 1.54) is 13.2 Å². The van der Waals surface area contributed by atoms with Gasteiger partial charge in [0.25, 0.3) is 0 Å². The molecule has 0 saturated heterocycles. The Kier molecular flexibility index (Phi) is 4.65. The number of methoxy groups -OCH3 is 1. The van der Waals surface area contributed by atoms with Gasteiger partial charge in [-0.15, -0.1) is 0 Å². The van der Waals surface area contributed by atoms with E-state index in [-0.39, 0.29) is 5.56 Å². The van der Waals surface area contributed by atoms with Gasteiger partial charge in [-0.05, 0) is 40.5 Å². The number of rotatable bonds is 3. The average Bonchev–Trinajstić information content (AvgIpc) is 3.41. The quantitative estimate of drug-likeness (QED) is 0.427. The summed E-state index contributed by atoms with van der Waals surface area (Å²) < 4.78 is 46.3. The number of anilines is 1. The predicted octanol–water partition coefficient (Wildman–Crippen LogP) is 5.56. The lowest BCUT2D eigenvalue weighted by Gasteiger charge is -2.13. The lowest BCUT2D eigenvalue weighted by Crippen LogP contribution is -2.16. The fourth-order valence-electron chi connectivity index (χ4n) is 4.16. The Labute approximate surface area is 181 Å². The molecule has 4 aromatic rings. The van der Waals surface area contributed by atoms with Crippen molar-refractivity contribution in [2.45, 2.75) is 19.3 Å².